The van der Waals surface area contributed by atoms with Crippen molar-refractivity contribution in [1.82, 2.24) is 10.3 Å². The van der Waals surface area contributed by atoms with Crippen LogP contribution in [0.3, 0.4) is 0 Å². The van der Waals surface area contributed by atoms with Crippen molar-refractivity contribution in [3.8, 4) is 6.07 Å². The van der Waals surface area contributed by atoms with Gasteiger partial charge in [-0.15, -0.1) is 0 Å². The molecule has 1 N–H and O–H groups in total. The normalized spacial score (nSPS) is 22.5. The van der Waals surface area contributed by atoms with E-state index in [2.05, 4.69) is 10.3 Å². The van der Waals surface area contributed by atoms with Crippen molar-refractivity contribution in [3.63, 3.8) is 0 Å². The van der Waals surface area contributed by atoms with Crippen LogP contribution in [0.1, 0.15) is 36.0 Å². The predicted octanol–water partition coefficient (Wildman–Crippen LogP) is 4.01. The molecule has 2 atom stereocenters. The number of amides is 3. The second kappa shape index (κ2) is 9.93. The molecule has 6 rings (SSSR count). The van der Waals surface area contributed by atoms with Crippen LogP contribution in [0.25, 0.3) is 0 Å². The van der Waals surface area contributed by atoms with Crippen molar-refractivity contribution < 1.29 is 23.2 Å². The molecule has 3 aromatic rings. The Labute approximate surface area is 234 Å². The third-order valence-electron chi connectivity index (χ3n) is 7.95. The van der Waals surface area contributed by atoms with Crippen molar-refractivity contribution >= 4 is 29.2 Å². The van der Waals surface area contributed by atoms with Crippen LogP contribution in [0.2, 0.25) is 0 Å². The minimum absolute atomic E-state index is 0.118. The number of hydrogen-bond donors (Lipinski definition) is 1. The largest absolute Gasteiger partial charge is 0.351 e. The molecule has 3 aliphatic rings. The number of carbonyl (C=O) groups is 3. The van der Waals surface area contributed by atoms with E-state index in [0.29, 0.717) is 17.7 Å². The zero-order chi connectivity index (χ0) is 28.8. The summed E-state index contributed by atoms with van der Waals surface area (Å²) < 4.78 is 27.4. The molecular formula is C31H25F2N5O3. The molecule has 1 saturated carbocycles. The smallest absolute Gasteiger partial charge is 0.255 e. The summed E-state index contributed by atoms with van der Waals surface area (Å²) in [5.41, 5.74) is 0.583. The van der Waals surface area contributed by atoms with Crippen LogP contribution in [0.15, 0.2) is 85.1 Å². The summed E-state index contributed by atoms with van der Waals surface area (Å²) in [6, 6.07) is 19.0. The molecule has 2 aromatic carbocycles. The van der Waals surface area contributed by atoms with Gasteiger partial charge in [0.15, 0.2) is 5.54 Å². The van der Waals surface area contributed by atoms with Crippen molar-refractivity contribution in [2.24, 2.45) is 0 Å². The van der Waals surface area contributed by atoms with Crippen LogP contribution in [-0.4, -0.2) is 40.7 Å². The van der Waals surface area contributed by atoms with E-state index >= 15 is 0 Å². The average Bonchev–Trinajstić information content (AvgIpc) is 3.54. The molecule has 0 unspecified atom stereocenters. The van der Waals surface area contributed by atoms with Crippen LogP contribution in [0.4, 0.5) is 20.3 Å². The van der Waals surface area contributed by atoms with E-state index in [4.69, 9.17) is 0 Å². The van der Waals surface area contributed by atoms with E-state index in [1.165, 1.54) is 40.3 Å². The van der Waals surface area contributed by atoms with Gasteiger partial charge in [0.1, 0.15) is 11.9 Å². The minimum Gasteiger partial charge on any atom is -0.351 e. The first-order valence-electron chi connectivity index (χ1n) is 13.3. The van der Waals surface area contributed by atoms with Crippen LogP contribution in [0.5, 0.6) is 0 Å². The number of rotatable bonds is 6. The first-order valence-corrected chi connectivity index (χ1v) is 13.3. The van der Waals surface area contributed by atoms with E-state index in [0.717, 1.165) is 5.56 Å². The minimum atomic E-state index is -2.84. The third kappa shape index (κ3) is 4.43. The van der Waals surface area contributed by atoms with Gasteiger partial charge in [-0.05, 0) is 54.3 Å². The molecule has 1 aromatic heterocycles. The number of aryl methyl sites for hydroxylation is 1. The Morgan fingerprint density at radius 1 is 1.07 bits per heavy atom. The number of nitrogens with zero attached hydrogens (tertiary/aromatic N) is 4. The molecule has 0 saturated heterocycles. The van der Waals surface area contributed by atoms with Crippen molar-refractivity contribution in [3.05, 3.63) is 102 Å². The molecule has 2 aliphatic carbocycles. The molecular weight excluding hydrogens is 528 g/mol. The molecule has 10 heteroatoms. The topological polar surface area (TPSA) is 106 Å². The number of para-hydroxylation sites is 1. The maximum absolute atomic E-state index is 14.7. The summed E-state index contributed by atoms with van der Waals surface area (Å²) in [7, 11) is 0. The van der Waals surface area contributed by atoms with E-state index in [-0.39, 0.29) is 17.8 Å². The highest BCUT2D eigenvalue weighted by molar-refractivity contribution is 6.16. The number of alkyl halides is 2. The van der Waals surface area contributed by atoms with E-state index in [1.807, 2.05) is 18.2 Å². The van der Waals surface area contributed by atoms with Crippen LogP contribution < -0.4 is 15.1 Å². The molecule has 2 heterocycles. The second-order valence-electron chi connectivity index (χ2n) is 10.5. The summed E-state index contributed by atoms with van der Waals surface area (Å²) in [5, 5.41) is 12.2. The fourth-order valence-corrected chi connectivity index (χ4v) is 6.02. The van der Waals surface area contributed by atoms with E-state index in [9.17, 15) is 28.4 Å². The van der Waals surface area contributed by atoms with Gasteiger partial charge < -0.3 is 5.32 Å². The lowest BCUT2D eigenvalue weighted by Crippen LogP contribution is -2.64. The Balaban J connectivity index is 1.47. The quantitative estimate of drug-likeness (QED) is 0.497. The van der Waals surface area contributed by atoms with E-state index < -0.39 is 54.1 Å². The lowest BCUT2D eigenvalue weighted by atomic mass is 9.83. The van der Waals surface area contributed by atoms with E-state index in [1.54, 1.807) is 42.5 Å². The summed E-state index contributed by atoms with van der Waals surface area (Å²) in [4.78, 5) is 48.8. The Bertz CT molecular complexity index is 1610. The number of anilines is 2. The summed E-state index contributed by atoms with van der Waals surface area (Å²) in [5.74, 6) is -4.35. The number of nitrogens with one attached hydrogen (secondary N) is 1. The van der Waals surface area contributed by atoms with Gasteiger partial charge in [-0.1, -0.05) is 42.5 Å². The Morgan fingerprint density at radius 3 is 2.54 bits per heavy atom. The van der Waals surface area contributed by atoms with Crippen LogP contribution in [0, 0.1) is 11.3 Å². The average molecular weight is 554 g/mol. The molecule has 0 spiro atoms. The van der Waals surface area contributed by atoms with Crippen molar-refractivity contribution in [2.45, 2.75) is 49.2 Å². The number of carbonyl (C=O) groups excluding carboxylic acids is 3. The molecule has 206 valence electrons. The zero-order valence-electron chi connectivity index (χ0n) is 21.8. The highest BCUT2D eigenvalue weighted by Gasteiger charge is 2.56. The van der Waals surface area contributed by atoms with Gasteiger partial charge in [-0.25, -0.2) is 13.8 Å². The Hall–Kier alpha value is -4.91. The van der Waals surface area contributed by atoms with Crippen molar-refractivity contribution in [1.29, 1.82) is 5.26 Å². The summed E-state index contributed by atoms with van der Waals surface area (Å²) >= 11 is 0. The molecule has 1 fully saturated rings. The molecule has 8 nitrogen and oxygen atoms in total. The number of fused-ring (bicyclic) bond motifs is 1. The first kappa shape index (κ1) is 26.3. The monoisotopic (exact) mass is 553 g/mol. The van der Waals surface area contributed by atoms with Gasteiger partial charge in [-0.2, -0.15) is 5.26 Å². The molecule has 41 heavy (non-hydrogen) atoms. The lowest BCUT2D eigenvalue weighted by Gasteiger charge is -2.44. The Kier molecular flexibility index (Phi) is 6.37. The van der Waals surface area contributed by atoms with Gasteiger partial charge in [0.05, 0.1) is 11.6 Å². The number of pyridine rings is 1. The SMILES string of the molecule is N#Cc1ccnc(N2C(=O)C=C[C@H]2C(=O)N(c2ccccc2)[C@]2(C(=O)NC3CC(F)(F)C3)CCc3ccccc32)c1. The lowest BCUT2D eigenvalue weighted by molar-refractivity contribution is -0.137. The van der Waals surface area contributed by atoms with Gasteiger partial charge in [-0.3, -0.25) is 24.2 Å². The fourth-order valence-electron chi connectivity index (χ4n) is 6.02. The van der Waals surface area contributed by atoms with Crippen LogP contribution >= 0.6 is 0 Å². The van der Waals surface area contributed by atoms with Gasteiger partial charge >= 0.3 is 0 Å². The highest BCUT2D eigenvalue weighted by Crippen LogP contribution is 2.46. The maximum atomic E-state index is 14.7. The van der Waals surface area contributed by atoms with Crippen LogP contribution in [-0.2, 0) is 26.3 Å². The maximum Gasteiger partial charge on any atom is 0.255 e. The molecule has 1 aliphatic heterocycles. The fraction of sp³-hybridized carbons (Fsp3) is 0.258. The number of nitriles is 1. The predicted molar refractivity (Wildman–Crippen MR) is 146 cm³/mol. The second-order valence-corrected chi connectivity index (χ2v) is 10.5. The molecule has 0 bridgehead atoms. The molecule has 3 amide bonds. The number of halogens is 2. The number of benzene rings is 2. The standard InChI is InChI=1S/C31H25F2N5O3/c32-30(33)17-22(18-30)36-29(41)31(14-12-21-6-4-5-9-24(21)31)38(23-7-2-1-3-8-23)28(40)25-10-11-27(39)37(25)26-16-20(19-34)13-15-35-26/h1-11,13,15-16,22,25H,12,14,17-18H2,(H,36,41)/t25-,31+/m0/s1. The summed E-state index contributed by atoms with van der Waals surface area (Å²) in [6.07, 6.45) is 3.85. The summed E-state index contributed by atoms with van der Waals surface area (Å²) in [6.45, 7) is 0. The third-order valence-corrected chi connectivity index (χ3v) is 7.95. The first-order chi connectivity index (χ1) is 19.7. The van der Waals surface area contributed by atoms with Gasteiger partial charge in [0.2, 0.25) is 0 Å². The van der Waals surface area contributed by atoms with Gasteiger partial charge in [0, 0.05) is 36.8 Å². The van der Waals surface area contributed by atoms with Gasteiger partial charge in [0.25, 0.3) is 23.6 Å². The number of aromatic nitrogens is 1. The highest BCUT2D eigenvalue weighted by atomic mass is 19.3. The van der Waals surface area contributed by atoms with Crippen molar-refractivity contribution in [2.75, 3.05) is 9.80 Å². The number of hydrogen-bond acceptors (Lipinski definition) is 5. The Morgan fingerprint density at radius 2 is 1.80 bits per heavy atom. The zero-order valence-corrected chi connectivity index (χ0v) is 21.8. The molecule has 0 radical (unpaired) electrons.